The van der Waals surface area contributed by atoms with Crippen molar-refractivity contribution in [2.75, 3.05) is 45.3 Å². The largest absolute Gasteiger partial charge is 0.491 e. The molecule has 0 amide bonds. The number of methoxy groups -OCH3 is 1. The molecule has 0 radical (unpaired) electrons. The van der Waals surface area contributed by atoms with Crippen LogP contribution in [0.15, 0.2) is 36.5 Å². The third-order valence-corrected chi connectivity index (χ3v) is 6.42. The summed E-state index contributed by atoms with van der Waals surface area (Å²) in [6.45, 7) is 6.38. The van der Waals surface area contributed by atoms with Crippen LogP contribution in [0.4, 0.5) is 5.69 Å². The molecule has 0 aliphatic carbocycles. The van der Waals surface area contributed by atoms with Crippen LogP contribution in [0.25, 0.3) is 22.3 Å². The molecular weight excluding hydrogens is 446 g/mol. The molecular formula is C26H35N5O4. The predicted octanol–water partition coefficient (Wildman–Crippen LogP) is 3.03. The first-order valence-corrected chi connectivity index (χ1v) is 12.2. The van der Waals surface area contributed by atoms with Crippen LogP contribution >= 0.6 is 0 Å². The number of aliphatic hydroxyl groups is 1. The maximum absolute atomic E-state index is 12.0. The number of carbonyl (C=O) groups is 1. The molecule has 9 nitrogen and oxygen atoms in total. The average molecular weight is 482 g/mol. The highest BCUT2D eigenvalue weighted by Gasteiger charge is 2.27. The molecule has 2 N–H and O–H groups in total. The van der Waals surface area contributed by atoms with E-state index in [0.717, 1.165) is 53.9 Å². The lowest BCUT2D eigenvalue weighted by molar-refractivity contribution is -0.146. The molecule has 2 aromatic heterocycles. The summed E-state index contributed by atoms with van der Waals surface area (Å²) in [5, 5.41) is 18.5. The number of hydrogen-bond donors (Lipinski definition) is 2. The number of aromatic nitrogens is 3. The topological polar surface area (TPSA) is 102 Å². The van der Waals surface area contributed by atoms with Crippen LogP contribution in [0.1, 0.15) is 32.7 Å². The maximum Gasteiger partial charge on any atom is 0.308 e. The third-order valence-electron chi connectivity index (χ3n) is 6.42. The van der Waals surface area contributed by atoms with E-state index in [1.807, 2.05) is 35.1 Å². The van der Waals surface area contributed by atoms with E-state index in [9.17, 15) is 9.90 Å². The number of fused-ring (bicyclic) bond motifs is 1. The van der Waals surface area contributed by atoms with Crippen LogP contribution in [0.5, 0.6) is 5.75 Å². The Morgan fingerprint density at radius 2 is 2.03 bits per heavy atom. The van der Waals surface area contributed by atoms with Gasteiger partial charge in [0.15, 0.2) is 5.65 Å². The van der Waals surface area contributed by atoms with Crippen molar-refractivity contribution in [2.24, 2.45) is 5.92 Å². The van der Waals surface area contributed by atoms with E-state index in [-0.39, 0.29) is 24.5 Å². The second-order valence-corrected chi connectivity index (χ2v) is 9.28. The molecule has 1 fully saturated rings. The first-order valence-electron chi connectivity index (χ1n) is 12.2. The van der Waals surface area contributed by atoms with Crippen molar-refractivity contribution in [1.82, 2.24) is 20.1 Å². The highest BCUT2D eigenvalue weighted by Crippen LogP contribution is 2.35. The number of esters is 1. The number of piperidine rings is 1. The Morgan fingerprint density at radius 1 is 1.26 bits per heavy atom. The van der Waals surface area contributed by atoms with Gasteiger partial charge in [-0.2, -0.15) is 5.10 Å². The van der Waals surface area contributed by atoms with Crippen LogP contribution in [0.2, 0.25) is 0 Å². The molecule has 188 valence electrons. The minimum Gasteiger partial charge on any atom is -0.491 e. The first-order chi connectivity index (χ1) is 16.9. The zero-order chi connectivity index (χ0) is 24.9. The van der Waals surface area contributed by atoms with E-state index in [2.05, 4.69) is 35.2 Å². The molecule has 4 rings (SSSR count). The molecule has 0 spiro atoms. The van der Waals surface area contributed by atoms with Crippen molar-refractivity contribution in [3.8, 4) is 17.0 Å². The Hall–Kier alpha value is -3.17. The summed E-state index contributed by atoms with van der Waals surface area (Å²) >= 11 is 0. The van der Waals surface area contributed by atoms with Crippen molar-refractivity contribution in [1.29, 1.82) is 0 Å². The summed E-state index contributed by atoms with van der Waals surface area (Å²) in [7, 11) is 3.25. The zero-order valence-corrected chi connectivity index (χ0v) is 20.9. The number of nitrogens with zero attached hydrogens (tertiary/aromatic N) is 4. The molecule has 3 heterocycles. The maximum atomic E-state index is 12.0. The Labute approximate surface area is 206 Å². The number of ether oxygens (including phenoxy) is 2. The van der Waals surface area contributed by atoms with E-state index in [0.29, 0.717) is 12.3 Å². The summed E-state index contributed by atoms with van der Waals surface area (Å²) in [6, 6.07) is 10.0. The molecule has 1 aromatic carbocycles. The third kappa shape index (κ3) is 5.57. The molecule has 35 heavy (non-hydrogen) atoms. The van der Waals surface area contributed by atoms with Gasteiger partial charge in [-0.25, -0.2) is 9.67 Å². The van der Waals surface area contributed by atoms with Gasteiger partial charge in [-0.3, -0.25) is 4.79 Å². The number of aliphatic hydroxyl groups excluding tert-OH is 1. The van der Waals surface area contributed by atoms with Crippen LogP contribution in [-0.4, -0.2) is 72.3 Å². The molecule has 1 atom stereocenters. The number of likely N-dealkylation sites (N-methyl/N-ethyl adjacent to an activating group) is 1. The zero-order valence-electron chi connectivity index (χ0n) is 20.9. The van der Waals surface area contributed by atoms with Crippen molar-refractivity contribution >= 4 is 22.7 Å². The smallest absolute Gasteiger partial charge is 0.308 e. The molecule has 0 bridgehead atoms. The summed E-state index contributed by atoms with van der Waals surface area (Å²) < 4.78 is 12.7. The lowest BCUT2D eigenvalue weighted by Gasteiger charge is -2.33. The molecule has 1 saturated heterocycles. The van der Waals surface area contributed by atoms with E-state index in [1.165, 1.54) is 7.11 Å². The average Bonchev–Trinajstić information content (AvgIpc) is 3.31. The summed E-state index contributed by atoms with van der Waals surface area (Å²) in [5.74, 6) is 0.491. The summed E-state index contributed by atoms with van der Waals surface area (Å²) in [4.78, 5) is 19.3. The predicted molar refractivity (Wildman–Crippen MR) is 136 cm³/mol. The van der Waals surface area contributed by atoms with Gasteiger partial charge in [-0.05, 0) is 51.9 Å². The number of rotatable bonds is 9. The fraction of sp³-hybridized carbons (Fsp3) is 0.500. The lowest BCUT2D eigenvalue weighted by atomic mass is 9.96. The van der Waals surface area contributed by atoms with Gasteiger partial charge in [0.1, 0.15) is 18.5 Å². The number of carbonyl (C=O) groups excluding carboxylic acids is 1. The first kappa shape index (κ1) is 24.9. The lowest BCUT2D eigenvalue weighted by Crippen LogP contribution is -2.36. The van der Waals surface area contributed by atoms with Crippen molar-refractivity contribution in [3.63, 3.8) is 0 Å². The van der Waals surface area contributed by atoms with E-state index < -0.39 is 6.10 Å². The van der Waals surface area contributed by atoms with E-state index in [1.54, 1.807) is 7.05 Å². The second-order valence-electron chi connectivity index (χ2n) is 9.28. The number of pyridine rings is 1. The number of hydrogen-bond acceptors (Lipinski definition) is 8. The summed E-state index contributed by atoms with van der Waals surface area (Å²) in [5.41, 5.74) is 3.65. The molecule has 1 aliphatic rings. The minimum absolute atomic E-state index is 0.0569. The van der Waals surface area contributed by atoms with Crippen molar-refractivity contribution in [3.05, 3.63) is 36.5 Å². The molecule has 9 heteroatoms. The van der Waals surface area contributed by atoms with Crippen molar-refractivity contribution < 1.29 is 19.4 Å². The second kappa shape index (κ2) is 11.0. The van der Waals surface area contributed by atoms with Gasteiger partial charge in [0.05, 0.1) is 36.0 Å². The van der Waals surface area contributed by atoms with E-state index >= 15 is 0 Å². The highest BCUT2D eigenvalue weighted by atomic mass is 16.5. The van der Waals surface area contributed by atoms with Gasteiger partial charge < -0.3 is 24.8 Å². The monoisotopic (exact) mass is 481 g/mol. The Balaban J connectivity index is 1.67. The quantitative estimate of drug-likeness (QED) is 0.450. The van der Waals surface area contributed by atoms with Gasteiger partial charge >= 0.3 is 5.97 Å². The molecule has 1 unspecified atom stereocenters. The SMILES string of the molecule is CNCC(O)COc1cccc(-c2cc(N3CCC(C(=O)OC)CC3)c3cnn(C(C)C)c3n2)c1. The number of benzene rings is 1. The fourth-order valence-electron chi connectivity index (χ4n) is 4.54. The molecule has 3 aromatic rings. The van der Waals surface area contributed by atoms with Crippen LogP contribution in [0, 0.1) is 5.92 Å². The standard InChI is InChI=1S/C26H35N5O4/c1-17(2)31-25-22(15-28-31)24(30-10-8-18(9-11-30)26(33)34-4)13-23(29-25)19-6-5-7-21(12-19)35-16-20(32)14-27-3/h5-7,12-13,15,17-18,20,27,32H,8-11,14,16H2,1-4H3. The molecule has 1 aliphatic heterocycles. The Kier molecular flexibility index (Phi) is 7.87. The van der Waals surface area contributed by atoms with E-state index in [4.69, 9.17) is 14.5 Å². The Bertz CT molecular complexity index is 1150. The molecule has 0 saturated carbocycles. The normalized spacial score (nSPS) is 15.5. The van der Waals surface area contributed by atoms with Gasteiger partial charge in [0.25, 0.3) is 0 Å². The van der Waals surface area contributed by atoms with Gasteiger partial charge in [-0.15, -0.1) is 0 Å². The minimum atomic E-state index is -0.585. The van der Waals surface area contributed by atoms with Gasteiger partial charge in [-0.1, -0.05) is 12.1 Å². The fourth-order valence-corrected chi connectivity index (χ4v) is 4.54. The number of nitrogens with one attached hydrogen (secondary N) is 1. The Morgan fingerprint density at radius 3 is 2.71 bits per heavy atom. The highest BCUT2D eigenvalue weighted by molar-refractivity contribution is 5.92. The summed E-state index contributed by atoms with van der Waals surface area (Å²) in [6.07, 6.45) is 2.81. The van der Waals surface area contributed by atoms with Gasteiger partial charge in [0.2, 0.25) is 0 Å². The van der Waals surface area contributed by atoms with Crippen LogP contribution in [0.3, 0.4) is 0 Å². The van der Waals surface area contributed by atoms with Gasteiger partial charge in [0, 0.05) is 31.2 Å². The van der Waals surface area contributed by atoms with Crippen LogP contribution in [-0.2, 0) is 9.53 Å². The van der Waals surface area contributed by atoms with Crippen molar-refractivity contribution in [2.45, 2.75) is 38.8 Å². The van der Waals surface area contributed by atoms with Crippen LogP contribution < -0.4 is 15.0 Å². The number of anilines is 1.